The average molecular weight is 443 g/mol. The molecule has 1 aliphatic heterocycles. The number of aryl methyl sites for hydroxylation is 2. The Balaban J connectivity index is 1.61. The first-order valence-electron chi connectivity index (χ1n) is 11.4. The van der Waals surface area contributed by atoms with Gasteiger partial charge in [-0.25, -0.2) is 4.98 Å². The van der Waals surface area contributed by atoms with Crippen LogP contribution in [0.2, 0.25) is 0 Å². The number of hydrogen-bond donors (Lipinski definition) is 1. The molecule has 0 radical (unpaired) electrons. The zero-order valence-corrected chi connectivity index (χ0v) is 19.5. The molecule has 0 saturated carbocycles. The highest BCUT2D eigenvalue weighted by Crippen LogP contribution is 2.35. The fourth-order valence-corrected chi connectivity index (χ4v) is 4.72. The van der Waals surface area contributed by atoms with E-state index >= 15 is 0 Å². The molecule has 170 valence electrons. The molecule has 4 rings (SSSR count). The number of aromatic nitrogens is 2. The van der Waals surface area contributed by atoms with Gasteiger partial charge in [-0.15, -0.1) is 0 Å². The second kappa shape index (κ2) is 9.53. The molecular formula is C27H30N4O2. The molecule has 1 fully saturated rings. The van der Waals surface area contributed by atoms with Crippen LogP contribution in [0.1, 0.15) is 40.2 Å². The third kappa shape index (κ3) is 4.95. The van der Waals surface area contributed by atoms with Gasteiger partial charge in [-0.2, -0.15) is 0 Å². The van der Waals surface area contributed by atoms with E-state index in [-0.39, 0.29) is 11.8 Å². The van der Waals surface area contributed by atoms with Crippen LogP contribution in [-0.4, -0.2) is 46.8 Å². The number of carbonyl (C=O) groups is 2. The van der Waals surface area contributed by atoms with Gasteiger partial charge >= 0.3 is 0 Å². The van der Waals surface area contributed by atoms with Crippen molar-refractivity contribution in [1.82, 2.24) is 20.2 Å². The van der Waals surface area contributed by atoms with Crippen molar-refractivity contribution in [2.75, 3.05) is 20.1 Å². The summed E-state index contributed by atoms with van der Waals surface area (Å²) in [4.78, 5) is 36.5. The van der Waals surface area contributed by atoms with Crippen LogP contribution >= 0.6 is 0 Å². The molecule has 3 aromatic rings. The van der Waals surface area contributed by atoms with Gasteiger partial charge in [-0.3, -0.25) is 14.6 Å². The summed E-state index contributed by atoms with van der Waals surface area (Å²) >= 11 is 0. The third-order valence-corrected chi connectivity index (χ3v) is 6.39. The topological polar surface area (TPSA) is 75.2 Å². The van der Waals surface area contributed by atoms with Crippen molar-refractivity contribution in [2.45, 2.75) is 33.1 Å². The number of nitrogens with zero attached hydrogens (tertiary/aromatic N) is 3. The maximum absolute atomic E-state index is 13.2. The van der Waals surface area contributed by atoms with Crippen LogP contribution in [0.3, 0.4) is 0 Å². The van der Waals surface area contributed by atoms with E-state index in [1.807, 2.05) is 13.0 Å². The van der Waals surface area contributed by atoms with Crippen molar-refractivity contribution >= 4 is 11.8 Å². The number of benzene rings is 2. The number of amides is 2. The molecule has 0 bridgehead atoms. The van der Waals surface area contributed by atoms with Crippen molar-refractivity contribution in [3.8, 4) is 11.1 Å². The summed E-state index contributed by atoms with van der Waals surface area (Å²) in [7, 11) is 1.67. The third-order valence-electron chi connectivity index (χ3n) is 6.39. The highest BCUT2D eigenvalue weighted by atomic mass is 16.2. The van der Waals surface area contributed by atoms with Crippen molar-refractivity contribution in [1.29, 1.82) is 0 Å². The molecule has 1 aliphatic rings. The summed E-state index contributed by atoms with van der Waals surface area (Å²) < 4.78 is 0. The first kappa shape index (κ1) is 22.6. The van der Waals surface area contributed by atoms with Gasteiger partial charge in [0.1, 0.15) is 5.69 Å². The molecule has 1 N–H and O–H groups in total. The van der Waals surface area contributed by atoms with E-state index in [1.54, 1.807) is 18.1 Å². The van der Waals surface area contributed by atoms with E-state index in [1.165, 1.54) is 11.8 Å². The Morgan fingerprint density at radius 2 is 1.79 bits per heavy atom. The quantitative estimate of drug-likeness (QED) is 0.649. The van der Waals surface area contributed by atoms with Gasteiger partial charge in [0.15, 0.2) is 0 Å². The van der Waals surface area contributed by atoms with Gasteiger partial charge in [-0.1, -0.05) is 54.1 Å². The predicted molar refractivity (Wildman–Crippen MR) is 129 cm³/mol. The normalized spacial score (nSPS) is 18.1. The number of hydrogen-bond acceptors (Lipinski definition) is 4. The SMILES string of the molecule is CNC(=O)[C@@]1(Cc2cccc(-c3cccc(C)c3)c2)CCCN(C(=O)c2cnc(C)cn2)C1. The van der Waals surface area contributed by atoms with E-state index < -0.39 is 5.41 Å². The van der Waals surface area contributed by atoms with E-state index in [0.717, 1.165) is 35.2 Å². The van der Waals surface area contributed by atoms with Crippen molar-refractivity contribution < 1.29 is 9.59 Å². The Morgan fingerprint density at radius 1 is 1.03 bits per heavy atom. The molecule has 0 unspecified atom stereocenters. The zero-order valence-electron chi connectivity index (χ0n) is 19.5. The lowest BCUT2D eigenvalue weighted by molar-refractivity contribution is -0.133. The van der Waals surface area contributed by atoms with Crippen molar-refractivity contribution in [3.63, 3.8) is 0 Å². The maximum Gasteiger partial charge on any atom is 0.274 e. The number of nitrogens with one attached hydrogen (secondary N) is 1. The molecule has 6 heteroatoms. The molecule has 33 heavy (non-hydrogen) atoms. The molecule has 2 amide bonds. The predicted octanol–water partition coefficient (Wildman–Crippen LogP) is 3.97. The first-order chi connectivity index (χ1) is 15.9. The molecule has 0 aliphatic carbocycles. The second-order valence-electron chi connectivity index (χ2n) is 8.98. The minimum Gasteiger partial charge on any atom is -0.359 e. The summed E-state index contributed by atoms with van der Waals surface area (Å²) in [6.07, 6.45) is 5.16. The fraction of sp³-hybridized carbons (Fsp3) is 0.333. The minimum atomic E-state index is -0.688. The second-order valence-corrected chi connectivity index (χ2v) is 8.98. The Bertz CT molecular complexity index is 1160. The highest BCUT2D eigenvalue weighted by Gasteiger charge is 2.43. The van der Waals surface area contributed by atoms with Gasteiger partial charge in [0.25, 0.3) is 5.91 Å². The summed E-state index contributed by atoms with van der Waals surface area (Å²) in [6.45, 7) is 4.88. The van der Waals surface area contributed by atoms with Gasteiger partial charge in [0, 0.05) is 26.3 Å². The number of likely N-dealkylation sites (tertiary alicyclic amines) is 1. The van der Waals surface area contributed by atoms with Crippen LogP contribution in [0.15, 0.2) is 60.9 Å². The number of carbonyl (C=O) groups excluding carboxylic acids is 2. The summed E-state index contributed by atoms with van der Waals surface area (Å²) in [6, 6.07) is 16.8. The molecule has 1 saturated heterocycles. The maximum atomic E-state index is 13.2. The number of piperidine rings is 1. The Kier molecular flexibility index (Phi) is 6.54. The van der Waals surface area contributed by atoms with Crippen LogP contribution in [0.5, 0.6) is 0 Å². The lowest BCUT2D eigenvalue weighted by atomic mass is 9.74. The first-order valence-corrected chi connectivity index (χ1v) is 11.4. The lowest BCUT2D eigenvalue weighted by Gasteiger charge is -2.41. The smallest absolute Gasteiger partial charge is 0.274 e. The fourth-order valence-electron chi connectivity index (χ4n) is 4.72. The Morgan fingerprint density at radius 3 is 2.48 bits per heavy atom. The molecule has 2 heterocycles. The lowest BCUT2D eigenvalue weighted by Crippen LogP contribution is -2.54. The minimum absolute atomic E-state index is 0.0315. The average Bonchev–Trinajstić information content (AvgIpc) is 2.84. The Labute approximate surface area is 195 Å². The Hall–Kier alpha value is -3.54. The monoisotopic (exact) mass is 442 g/mol. The van der Waals surface area contributed by atoms with Crippen molar-refractivity contribution in [3.05, 3.63) is 83.4 Å². The van der Waals surface area contributed by atoms with E-state index in [0.29, 0.717) is 25.2 Å². The summed E-state index contributed by atoms with van der Waals surface area (Å²) in [5.74, 6) is -0.208. The molecule has 6 nitrogen and oxygen atoms in total. The van der Waals surface area contributed by atoms with E-state index in [2.05, 4.69) is 64.7 Å². The van der Waals surface area contributed by atoms with Crippen molar-refractivity contribution in [2.24, 2.45) is 5.41 Å². The van der Waals surface area contributed by atoms with Gasteiger partial charge in [0.05, 0.1) is 17.3 Å². The van der Waals surface area contributed by atoms with Gasteiger partial charge < -0.3 is 10.2 Å². The largest absolute Gasteiger partial charge is 0.359 e. The zero-order chi connectivity index (χ0) is 23.4. The summed E-state index contributed by atoms with van der Waals surface area (Å²) in [5, 5.41) is 2.85. The van der Waals surface area contributed by atoms with Gasteiger partial charge in [0.2, 0.25) is 5.91 Å². The summed E-state index contributed by atoms with van der Waals surface area (Å²) in [5.41, 5.74) is 4.97. The van der Waals surface area contributed by atoms with Crippen LogP contribution in [0, 0.1) is 19.3 Å². The van der Waals surface area contributed by atoms with Crippen LogP contribution in [0.4, 0.5) is 0 Å². The standard InChI is InChI=1S/C27H30N4O2/c1-19-7-4-9-22(13-19)23-10-5-8-21(14-23)15-27(26(33)28-3)11-6-12-31(18-27)25(32)24-17-29-20(2)16-30-24/h4-5,7-10,13-14,16-17H,6,11-12,15,18H2,1-3H3,(H,28,33)/t27-/m1/s1. The number of rotatable bonds is 5. The van der Waals surface area contributed by atoms with Gasteiger partial charge in [-0.05, 0) is 49.8 Å². The molecule has 1 atom stereocenters. The van der Waals surface area contributed by atoms with E-state index in [4.69, 9.17) is 0 Å². The van der Waals surface area contributed by atoms with Crippen LogP contribution in [0.25, 0.3) is 11.1 Å². The molecule has 0 spiro atoms. The molecular weight excluding hydrogens is 412 g/mol. The molecule has 1 aromatic heterocycles. The van der Waals surface area contributed by atoms with Crippen LogP contribution < -0.4 is 5.32 Å². The molecule has 2 aromatic carbocycles. The van der Waals surface area contributed by atoms with E-state index in [9.17, 15) is 9.59 Å². The van der Waals surface area contributed by atoms with Crippen LogP contribution in [-0.2, 0) is 11.2 Å². The highest BCUT2D eigenvalue weighted by molar-refractivity contribution is 5.93.